The number of carbonyl (C=O) groups is 1. The number of sulfonamides is 1. The van der Waals surface area contributed by atoms with Gasteiger partial charge in [-0.25, -0.2) is 13.4 Å². The predicted octanol–water partition coefficient (Wildman–Crippen LogP) is 4.41. The Labute approximate surface area is 177 Å². The maximum Gasteiger partial charge on any atom is 0.255 e. The summed E-state index contributed by atoms with van der Waals surface area (Å²) in [4.78, 5) is 17.3. The molecular formula is C22H27N3O4S. The number of benzene rings is 2. The van der Waals surface area contributed by atoms with Crippen LogP contribution in [0.25, 0.3) is 11.1 Å². The van der Waals surface area contributed by atoms with Gasteiger partial charge in [0.15, 0.2) is 5.58 Å². The zero-order valence-corrected chi connectivity index (χ0v) is 18.9. The third-order valence-corrected chi connectivity index (χ3v) is 6.86. The van der Waals surface area contributed by atoms with Crippen LogP contribution >= 0.6 is 0 Å². The molecule has 3 aromatic rings. The summed E-state index contributed by atoms with van der Waals surface area (Å²) in [5, 5.41) is 2.82. The van der Waals surface area contributed by atoms with Crippen molar-refractivity contribution >= 4 is 32.7 Å². The van der Waals surface area contributed by atoms with Crippen molar-refractivity contribution in [1.29, 1.82) is 0 Å². The topological polar surface area (TPSA) is 92.5 Å². The molecule has 160 valence electrons. The average molecular weight is 430 g/mol. The lowest BCUT2D eigenvalue weighted by atomic mass is 9.97. The fraction of sp³-hybridized carbons (Fsp3) is 0.364. The van der Waals surface area contributed by atoms with Crippen molar-refractivity contribution in [3.63, 3.8) is 0 Å². The summed E-state index contributed by atoms with van der Waals surface area (Å²) in [6.07, 6.45) is 0. The van der Waals surface area contributed by atoms with Crippen LogP contribution in [0.2, 0.25) is 0 Å². The molecule has 0 fully saturated rings. The van der Waals surface area contributed by atoms with Crippen LogP contribution in [0.5, 0.6) is 0 Å². The standard InChI is InChI=1S/C22H27N3O4S/c1-14(2)25(6)30(27,28)17-10-7-15(8-11-17)20(26)23-16-9-12-19-18(13-16)24-21(29-19)22(3,4)5/h7-14H,1-6H3,(H,23,26). The van der Waals surface area contributed by atoms with Gasteiger partial charge in [0.1, 0.15) is 5.52 Å². The number of hydrogen-bond acceptors (Lipinski definition) is 5. The molecule has 1 heterocycles. The zero-order chi connectivity index (χ0) is 22.3. The molecule has 0 aliphatic carbocycles. The van der Waals surface area contributed by atoms with Gasteiger partial charge in [0, 0.05) is 29.8 Å². The van der Waals surface area contributed by atoms with E-state index in [0.717, 1.165) is 0 Å². The fourth-order valence-electron chi connectivity index (χ4n) is 2.75. The Morgan fingerprint density at radius 3 is 2.30 bits per heavy atom. The van der Waals surface area contributed by atoms with Gasteiger partial charge in [-0.2, -0.15) is 4.31 Å². The number of aromatic nitrogens is 1. The van der Waals surface area contributed by atoms with E-state index in [1.807, 2.05) is 20.8 Å². The number of oxazole rings is 1. The lowest BCUT2D eigenvalue weighted by Gasteiger charge is -2.21. The molecule has 0 unspecified atom stereocenters. The first-order valence-corrected chi connectivity index (χ1v) is 11.1. The molecule has 30 heavy (non-hydrogen) atoms. The molecule has 0 atom stereocenters. The largest absolute Gasteiger partial charge is 0.440 e. The van der Waals surface area contributed by atoms with Crippen LogP contribution in [-0.4, -0.2) is 36.7 Å². The molecule has 0 spiro atoms. The summed E-state index contributed by atoms with van der Waals surface area (Å²) in [6, 6.07) is 11.0. The van der Waals surface area contributed by atoms with Crippen molar-refractivity contribution < 1.29 is 17.6 Å². The molecule has 2 aromatic carbocycles. The molecule has 0 saturated carbocycles. The molecule has 8 heteroatoms. The van der Waals surface area contributed by atoms with Crippen molar-refractivity contribution in [1.82, 2.24) is 9.29 Å². The molecule has 1 aromatic heterocycles. The SMILES string of the molecule is CC(C)N(C)S(=O)(=O)c1ccc(C(=O)Nc2ccc3oc(C(C)(C)C)nc3c2)cc1. The van der Waals surface area contributed by atoms with Crippen molar-refractivity contribution in [2.24, 2.45) is 0 Å². The van der Waals surface area contributed by atoms with E-state index in [-0.39, 0.29) is 22.3 Å². The van der Waals surface area contributed by atoms with Crippen LogP contribution in [0.4, 0.5) is 5.69 Å². The Kier molecular flexibility index (Phi) is 5.75. The first-order valence-electron chi connectivity index (χ1n) is 9.70. The van der Waals surface area contributed by atoms with Crippen LogP contribution in [0.1, 0.15) is 50.9 Å². The highest BCUT2D eigenvalue weighted by molar-refractivity contribution is 7.89. The maximum atomic E-state index is 12.6. The van der Waals surface area contributed by atoms with E-state index in [1.54, 1.807) is 32.0 Å². The van der Waals surface area contributed by atoms with Crippen molar-refractivity contribution in [2.75, 3.05) is 12.4 Å². The van der Waals surface area contributed by atoms with Gasteiger partial charge in [0.25, 0.3) is 5.91 Å². The second-order valence-corrected chi connectivity index (χ2v) is 10.5. The van der Waals surface area contributed by atoms with Crippen molar-refractivity contribution in [2.45, 2.75) is 51.0 Å². The van der Waals surface area contributed by atoms with E-state index in [2.05, 4.69) is 10.3 Å². The highest BCUT2D eigenvalue weighted by Gasteiger charge is 2.23. The Bertz CT molecular complexity index is 1170. The van der Waals surface area contributed by atoms with Crippen LogP contribution in [0, 0.1) is 0 Å². The lowest BCUT2D eigenvalue weighted by molar-refractivity contribution is 0.102. The van der Waals surface area contributed by atoms with Crippen LogP contribution in [0.3, 0.4) is 0 Å². The number of carbonyl (C=O) groups excluding carboxylic acids is 1. The molecular weight excluding hydrogens is 402 g/mol. The summed E-state index contributed by atoms with van der Waals surface area (Å²) in [5.41, 5.74) is 2.04. The van der Waals surface area contributed by atoms with Gasteiger partial charge in [-0.15, -0.1) is 0 Å². The third kappa shape index (κ3) is 4.39. The normalized spacial score (nSPS) is 12.7. The Morgan fingerprint density at radius 2 is 1.73 bits per heavy atom. The lowest BCUT2D eigenvalue weighted by Crippen LogP contribution is -2.33. The molecule has 3 rings (SSSR count). The Morgan fingerprint density at radius 1 is 1.10 bits per heavy atom. The minimum absolute atomic E-state index is 0.147. The minimum atomic E-state index is -3.59. The van der Waals surface area contributed by atoms with Gasteiger partial charge in [-0.3, -0.25) is 4.79 Å². The first kappa shape index (κ1) is 22.0. The summed E-state index contributed by atoms with van der Waals surface area (Å²) < 4.78 is 32.2. The summed E-state index contributed by atoms with van der Waals surface area (Å²) in [6.45, 7) is 9.65. The van der Waals surface area contributed by atoms with E-state index in [9.17, 15) is 13.2 Å². The van der Waals surface area contributed by atoms with Gasteiger partial charge >= 0.3 is 0 Å². The number of nitrogens with zero attached hydrogens (tertiary/aromatic N) is 2. The molecule has 7 nitrogen and oxygen atoms in total. The maximum absolute atomic E-state index is 12.6. The van der Waals surface area contributed by atoms with Gasteiger partial charge in [0.2, 0.25) is 15.9 Å². The second kappa shape index (κ2) is 7.85. The van der Waals surface area contributed by atoms with Crippen LogP contribution in [0.15, 0.2) is 51.8 Å². The number of fused-ring (bicyclic) bond motifs is 1. The summed E-state index contributed by atoms with van der Waals surface area (Å²) in [7, 11) is -2.06. The van der Waals surface area contributed by atoms with Gasteiger partial charge < -0.3 is 9.73 Å². The minimum Gasteiger partial charge on any atom is -0.440 e. The van der Waals surface area contributed by atoms with E-state index >= 15 is 0 Å². The van der Waals surface area contributed by atoms with Gasteiger partial charge in [-0.1, -0.05) is 20.8 Å². The summed E-state index contributed by atoms with van der Waals surface area (Å²) >= 11 is 0. The molecule has 0 bridgehead atoms. The Balaban J connectivity index is 1.79. The number of nitrogens with one attached hydrogen (secondary N) is 1. The quantitative estimate of drug-likeness (QED) is 0.649. The molecule has 0 saturated heterocycles. The molecule has 1 amide bonds. The molecule has 0 aliphatic rings. The highest BCUT2D eigenvalue weighted by Crippen LogP contribution is 2.27. The number of hydrogen-bond donors (Lipinski definition) is 1. The van der Waals surface area contributed by atoms with Crippen LogP contribution < -0.4 is 5.32 Å². The van der Waals surface area contributed by atoms with Gasteiger partial charge in [-0.05, 0) is 56.3 Å². The van der Waals surface area contributed by atoms with E-state index in [4.69, 9.17) is 4.42 Å². The van der Waals surface area contributed by atoms with E-state index < -0.39 is 10.0 Å². The highest BCUT2D eigenvalue weighted by atomic mass is 32.2. The fourth-order valence-corrected chi connectivity index (χ4v) is 4.12. The monoisotopic (exact) mass is 429 g/mol. The van der Waals surface area contributed by atoms with Gasteiger partial charge in [0.05, 0.1) is 4.90 Å². The van der Waals surface area contributed by atoms with Crippen molar-refractivity contribution in [3.05, 3.63) is 53.9 Å². The Hall–Kier alpha value is -2.71. The van der Waals surface area contributed by atoms with Crippen LogP contribution in [-0.2, 0) is 15.4 Å². The number of rotatable bonds is 5. The van der Waals surface area contributed by atoms with Crippen molar-refractivity contribution in [3.8, 4) is 0 Å². The number of anilines is 1. The van der Waals surface area contributed by atoms with E-state index in [0.29, 0.717) is 28.2 Å². The average Bonchev–Trinajstić information content (AvgIpc) is 3.11. The summed E-state index contributed by atoms with van der Waals surface area (Å²) in [5.74, 6) is 0.291. The molecule has 0 radical (unpaired) electrons. The van der Waals surface area contributed by atoms with E-state index in [1.165, 1.54) is 35.6 Å². The molecule has 0 aliphatic heterocycles. The zero-order valence-electron chi connectivity index (χ0n) is 18.1. The third-order valence-electron chi connectivity index (χ3n) is 4.81. The smallest absolute Gasteiger partial charge is 0.255 e. The second-order valence-electron chi connectivity index (χ2n) is 8.55. The predicted molar refractivity (Wildman–Crippen MR) is 117 cm³/mol. The first-order chi connectivity index (χ1) is 13.9. The molecule has 1 N–H and O–H groups in total. The number of amides is 1.